The number of hydrogen-bond acceptors (Lipinski definition) is 3. The highest BCUT2D eigenvalue weighted by Gasteiger charge is 2.36. The molecule has 1 atom stereocenters. The lowest BCUT2D eigenvalue weighted by atomic mass is 10.1. The van der Waals surface area contributed by atoms with Gasteiger partial charge in [-0.25, -0.2) is 0 Å². The Morgan fingerprint density at radius 1 is 1.43 bits per heavy atom. The summed E-state index contributed by atoms with van der Waals surface area (Å²) < 4.78 is 1.73. The molecule has 1 N–H and O–H groups in total. The molecule has 1 aromatic rings. The SMILES string of the molecule is CC(C)c1cc(C(=O)N(C[C@H](C)C(=O)O)C2CC2)nn1C. The average molecular weight is 293 g/mol. The Morgan fingerprint density at radius 2 is 2.05 bits per heavy atom. The van der Waals surface area contributed by atoms with Crippen LogP contribution < -0.4 is 0 Å². The van der Waals surface area contributed by atoms with Crippen molar-refractivity contribution in [2.45, 2.75) is 45.6 Å². The first kappa shape index (κ1) is 15.5. The van der Waals surface area contributed by atoms with E-state index in [0.717, 1.165) is 18.5 Å². The van der Waals surface area contributed by atoms with Crippen LogP contribution in [0.3, 0.4) is 0 Å². The second-order valence-electron chi connectivity index (χ2n) is 6.16. The molecule has 1 aliphatic carbocycles. The second-order valence-corrected chi connectivity index (χ2v) is 6.16. The molecule has 0 saturated heterocycles. The van der Waals surface area contributed by atoms with Crippen LogP contribution in [0.2, 0.25) is 0 Å². The van der Waals surface area contributed by atoms with Crippen LogP contribution in [0, 0.1) is 5.92 Å². The summed E-state index contributed by atoms with van der Waals surface area (Å²) in [5.74, 6) is -1.32. The third-order valence-corrected chi connectivity index (χ3v) is 3.87. The predicted octanol–water partition coefficient (Wildman–Crippen LogP) is 1.87. The Balaban J connectivity index is 2.18. The van der Waals surface area contributed by atoms with Crippen molar-refractivity contribution in [3.05, 3.63) is 17.5 Å². The number of aliphatic carboxylic acids is 1. The van der Waals surface area contributed by atoms with E-state index in [9.17, 15) is 9.59 Å². The van der Waals surface area contributed by atoms with Gasteiger partial charge in [-0.2, -0.15) is 5.10 Å². The number of amides is 1. The van der Waals surface area contributed by atoms with Gasteiger partial charge in [0.1, 0.15) is 0 Å². The summed E-state index contributed by atoms with van der Waals surface area (Å²) in [6.45, 7) is 5.97. The largest absolute Gasteiger partial charge is 0.481 e. The summed E-state index contributed by atoms with van der Waals surface area (Å²) in [5.41, 5.74) is 1.41. The number of rotatable bonds is 6. The van der Waals surface area contributed by atoms with E-state index in [1.165, 1.54) is 0 Å². The van der Waals surface area contributed by atoms with Crippen LogP contribution >= 0.6 is 0 Å². The van der Waals surface area contributed by atoms with Crippen molar-refractivity contribution in [2.24, 2.45) is 13.0 Å². The van der Waals surface area contributed by atoms with Gasteiger partial charge in [0.25, 0.3) is 5.91 Å². The van der Waals surface area contributed by atoms with Gasteiger partial charge in [0.2, 0.25) is 0 Å². The summed E-state index contributed by atoms with van der Waals surface area (Å²) in [6.07, 6.45) is 1.89. The number of nitrogens with zero attached hydrogens (tertiary/aromatic N) is 3. The van der Waals surface area contributed by atoms with Crippen molar-refractivity contribution in [3.8, 4) is 0 Å². The topological polar surface area (TPSA) is 75.4 Å². The normalized spacial score (nSPS) is 16.0. The molecule has 0 radical (unpaired) electrons. The Kier molecular flexibility index (Phi) is 4.34. The van der Waals surface area contributed by atoms with E-state index >= 15 is 0 Å². The molecule has 2 rings (SSSR count). The summed E-state index contributed by atoms with van der Waals surface area (Å²) in [4.78, 5) is 25.3. The molecular formula is C15H23N3O3. The molecule has 21 heavy (non-hydrogen) atoms. The molecule has 0 aromatic carbocycles. The van der Waals surface area contributed by atoms with Crippen molar-refractivity contribution < 1.29 is 14.7 Å². The highest BCUT2D eigenvalue weighted by molar-refractivity contribution is 5.93. The van der Waals surface area contributed by atoms with E-state index < -0.39 is 11.9 Å². The molecule has 1 fully saturated rings. The molecule has 6 nitrogen and oxygen atoms in total. The fourth-order valence-electron chi connectivity index (χ4n) is 2.43. The third kappa shape index (κ3) is 3.43. The lowest BCUT2D eigenvalue weighted by Crippen LogP contribution is -2.38. The van der Waals surface area contributed by atoms with Gasteiger partial charge in [-0.15, -0.1) is 0 Å². The number of hydrogen-bond donors (Lipinski definition) is 1. The summed E-state index contributed by atoms with van der Waals surface area (Å²) in [6, 6.07) is 1.98. The van der Waals surface area contributed by atoms with E-state index in [-0.39, 0.29) is 24.4 Å². The van der Waals surface area contributed by atoms with Gasteiger partial charge >= 0.3 is 5.97 Å². The first-order valence-corrected chi connectivity index (χ1v) is 7.39. The molecule has 0 aliphatic heterocycles. The Labute approximate surface area is 124 Å². The van der Waals surface area contributed by atoms with Gasteiger partial charge in [0.15, 0.2) is 5.69 Å². The zero-order valence-corrected chi connectivity index (χ0v) is 13.0. The first-order chi connectivity index (χ1) is 9.81. The van der Waals surface area contributed by atoms with Crippen LogP contribution in [0.5, 0.6) is 0 Å². The fourth-order valence-corrected chi connectivity index (χ4v) is 2.43. The van der Waals surface area contributed by atoms with Crippen molar-refractivity contribution in [2.75, 3.05) is 6.54 Å². The molecule has 116 valence electrons. The van der Waals surface area contributed by atoms with Crippen molar-refractivity contribution in [1.82, 2.24) is 14.7 Å². The van der Waals surface area contributed by atoms with Gasteiger partial charge in [-0.1, -0.05) is 20.8 Å². The molecular weight excluding hydrogens is 270 g/mol. The van der Waals surface area contributed by atoms with Gasteiger partial charge in [0.05, 0.1) is 5.92 Å². The average Bonchev–Trinajstić information content (AvgIpc) is 3.16. The van der Waals surface area contributed by atoms with E-state index in [4.69, 9.17) is 5.11 Å². The van der Waals surface area contributed by atoms with E-state index in [2.05, 4.69) is 18.9 Å². The smallest absolute Gasteiger partial charge is 0.308 e. The van der Waals surface area contributed by atoms with Crippen LogP contribution in [0.1, 0.15) is 55.7 Å². The fraction of sp³-hybridized carbons (Fsp3) is 0.667. The second kappa shape index (κ2) is 5.87. The molecule has 1 heterocycles. The van der Waals surface area contributed by atoms with E-state index in [0.29, 0.717) is 5.69 Å². The van der Waals surface area contributed by atoms with Gasteiger partial charge in [-0.05, 0) is 24.8 Å². The molecule has 1 aliphatic rings. The van der Waals surface area contributed by atoms with E-state index in [1.54, 1.807) is 16.5 Å². The Hall–Kier alpha value is -1.85. The number of carbonyl (C=O) groups excluding carboxylic acids is 1. The molecule has 6 heteroatoms. The van der Waals surface area contributed by atoms with Crippen LogP contribution in [0.15, 0.2) is 6.07 Å². The zero-order chi connectivity index (χ0) is 15.7. The van der Waals surface area contributed by atoms with Crippen LogP contribution in [0.25, 0.3) is 0 Å². The van der Waals surface area contributed by atoms with Crippen molar-refractivity contribution in [3.63, 3.8) is 0 Å². The van der Waals surface area contributed by atoms with Gasteiger partial charge in [-0.3, -0.25) is 14.3 Å². The summed E-state index contributed by atoms with van der Waals surface area (Å²) in [5, 5.41) is 13.3. The lowest BCUT2D eigenvalue weighted by molar-refractivity contribution is -0.141. The highest BCUT2D eigenvalue weighted by Crippen LogP contribution is 2.29. The minimum absolute atomic E-state index is 0.159. The van der Waals surface area contributed by atoms with Crippen LogP contribution in [0.4, 0.5) is 0 Å². The number of carboxylic acid groups (broad SMARTS) is 1. The summed E-state index contributed by atoms with van der Waals surface area (Å²) in [7, 11) is 1.83. The lowest BCUT2D eigenvalue weighted by Gasteiger charge is -2.23. The molecule has 1 saturated carbocycles. The molecule has 1 aromatic heterocycles. The molecule has 0 spiro atoms. The quantitative estimate of drug-likeness (QED) is 0.868. The maximum atomic E-state index is 12.6. The Bertz CT molecular complexity index is 546. The van der Waals surface area contributed by atoms with Crippen LogP contribution in [-0.4, -0.2) is 44.3 Å². The Morgan fingerprint density at radius 3 is 2.48 bits per heavy atom. The first-order valence-electron chi connectivity index (χ1n) is 7.39. The third-order valence-electron chi connectivity index (χ3n) is 3.87. The maximum Gasteiger partial charge on any atom is 0.308 e. The predicted molar refractivity (Wildman–Crippen MR) is 78.2 cm³/mol. The van der Waals surface area contributed by atoms with Crippen molar-refractivity contribution >= 4 is 11.9 Å². The number of carboxylic acids is 1. The minimum atomic E-state index is -0.877. The number of carbonyl (C=O) groups is 2. The van der Waals surface area contributed by atoms with Gasteiger partial charge < -0.3 is 10.0 Å². The minimum Gasteiger partial charge on any atom is -0.481 e. The zero-order valence-electron chi connectivity index (χ0n) is 13.0. The highest BCUT2D eigenvalue weighted by atomic mass is 16.4. The van der Waals surface area contributed by atoms with Crippen molar-refractivity contribution in [1.29, 1.82) is 0 Å². The van der Waals surface area contributed by atoms with Crippen LogP contribution in [-0.2, 0) is 11.8 Å². The standard InChI is InChI=1S/C15H23N3O3/c1-9(2)13-7-12(16-17(13)4)14(19)18(11-5-6-11)8-10(3)15(20)21/h7,9-11H,5-6,8H2,1-4H3,(H,20,21)/t10-/m0/s1. The molecule has 1 amide bonds. The monoisotopic (exact) mass is 293 g/mol. The van der Waals surface area contributed by atoms with E-state index in [1.807, 2.05) is 13.1 Å². The molecule has 0 unspecified atom stereocenters. The van der Waals surface area contributed by atoms with Gasteiger partial charge in [0, 0.05) is 25.3 Å². The molecule has 0 bridgehead atoms. The summed E-state index contributed by atoms with van der Waals surface area (Å²) >= 11 is 0. The number of aryl methyl sites for hydroxylation is 1. The maximum absolute atomic E-state index is 12.6. The number of aromatic nitrogens is 2.